The Morgan fingerprint density at radius 1 is 0.912 bits per heavy atom. The van der Waals surface area contributed by atoms with Crippen LogP contribution in [0.25, 0.3) is 0 Å². The molecule has 7 heteroatoms. The Kier molecular flexibility index (Phi) is 7.19. The lowest BCUT2D eigenvalue weighted by Crippen LogP contribution is -2.40. The van der Waals surface area contributed by atoms with Gasteiger partial charge in [-0.2, -0.15) is 0 Å². The van der Waals surface area contributed by atoms with Gasteiger partial charge < -0.3 is 20.3 Å². The molecule has 5 rings (SSSR count). The maximum atomic E-state index is 12.4. The molecule has 182 valence electrons. The Bertz CT molecular complexity index is 936. The number of amides is 2. The van der Waals surface area contributed by atoms with Crippen LogP contribution in [0.15, 0.2) is 42.6 Å². The van der Waals surface area contributed by atoms with E-state index in [0.717, 1.165) is 37.7 Å². The van der Waals surface area contributed by atoms with Gasteiger partial charge >= 0.3 is 6.03 Å². The summed E-state index contributed by atoms with van der Waals surface area (Å²) in [6, 6.07) is 12.9. The Labute approximate surface area is 202 Å². The second kappa shape index (κ2) is 10.6. The highest BCUT2D eigenvalue weighted by Crippen LogP contribution is 2.29. The zero-order chi connectivity index (χ0) is 23.3. The van der Waals surface area contributed by atoms with Crippen LogP contribution in [0.1, 0.15) is 57.8 Å². The van der Waals surface area contributed by atoms with Crippen LogP contribution < -0.4 is 20.3 Å². The van der Waals surface area contributed by atoms with Crippen molar-refractivity contribution in [2.45, 2.75) is 76.0 Å². The van der Waals surface area contributed by atoms with E-state index >= 15 is 0 Å². The fraction of sp³-hybridized carbons (Fsp3) is 0.556. The molecule has 2 aliphatic carbocycles. The summed E-state index contributed by atoms with van der Waals surface area (Å²) < 4.78 is 5.88. The molecular formula is C27H37N5O2. The molecule has 0 spiro atoms. The topological polar surface area (TPSA) is 69.7 Å². The lowest BCUT2D eigenvalue weighted by molar-refractivity contribution is 0.187. The summed E-state index contributed by atoms with van der Waals surface area (Å²) in [6.07, 6.45) is 13.2. The highest BCUT2D eigenvalue weighted by Gasteiger charge is 2.31. The van der Waals surface area contributed by atoms with Crippen LogP contribution >= 0.6 is 0 Å². The smallest absolute Gasteiger partial charge is 0.323 e. The summed E-state index contributed by atoms with van der Waals surface area (Å²) >= 11 is 0. The minimum atomic E-state index is -0.279. The van der Waals surface area contributed by atoms with Crippen molar-refractivity contribution in [2.75, 3.05) is 35.7 Å². The number of hydrogen-bond donors (Lipinski definition) is 2. The van der Waals surface area contributed by atoms with E-state index in [4.69, 9.17) is 4.74 Å². The predicted octanol–water partition coefficient (Wildman–Crippen LogP) is 5.50. The van der Waals surface area contributed by atoms with Gasteiger partial charge in [-0.1, -0.05) is 12.8 Å². The van der Waals surface area contributed by atoms with Crippen LogP contribution in [0.2, 0.25) is 0 Å². The number of urea groups is 1. The molecule has 34 heavy (non-hydrogen) atoms. The zero-order valence-electron chi connectivity index (χ0n) is 20.2. The van der Waals surface area contributed by atoms with Crippen LogP contribution in [0.4, 0.5) is 21.9 Å². The second-order valence-corrected chi connectivity index (χ2v) is 10.0. The zero-order valence-corrected chi connectivity index (χ0v) is 20.2. The molecule has 7 nitrogen and oxygen atoms in total. The van der Waals surface area contributed by atoms with Gasteiger partial charge in [0.05, 0.1) is 11.9 Å². The molecule has 1 aromatic heterocycles. The van der Waals surface area contributed by atoms with Gasteiger partial charge in [-0.05, 0) is 82.3 Å². The Hall–Kier alpha value is -2.80. The van der Waals surface area contributed by atoms with E-state index in [0.29, 0.717) is 17.6 Å². The SMILES string of the molecule is CN(C1CCCC1)C1CCN(c2ccc(NC(=O)Nc3ccc(OC4CCCC4)nc3)cc2)C1. The molecule has 2 heterocycles. The van der Waals surface area contributed by atoms with Crippen molar-refractivity contribution in [3.8, 4) is 5.88 Å². The van der Waals surface area contributed by atoms with E-state index in [1.165, 1.54) is 50.6 Å². The number of carbonyl (C=O) groups is 1. The van der Waals surface area contributed by atoms with E-state index in [1.807, 2.05) is 24.3 Å². The third-order valence-electron chi connectivity index (χ3n) is 7.71. The normalized spacial score (nSPS) is 21.4. The second-order valence-electron chi connectivity index (χ2n) is 10.0. The first-order chi connectivity index (χ1) is 16.6. The first-order valence-corrected chi connectivity index (χ1v) is 12.9. The van der Waals surface area contributed by atoms with Gasteiger partial charge in [-0.25, -0.2) is 9.78 Å². The molecule has 2 aromatic rings. The average molecular weight is 464 g/mol. The number of benzene rings is 1. The summed E-state index contributed by atoms with van der Waals surface area (Å²) in [5.74, 6) is 0.618. The summed E-state index contributed by atoms with van der Waals surface area (Å²) in [7, 11) is 2.31. The first-order valence-electron chi connectivity index (χ1n) is 12.9. The summed E-state index contributed by atoms with van der Waals surface area (Å²) in [5.41, 5.74) is 2.63. The van der Waals surface area contributed by atoms with Gasteiger partial charge in [0, 0.05) is 42.6 Å². The number of nitrogens with zero attached hydrogens (tertiary/aromatic N) is 3. The fourth-order valence-corrected chi connectivity index (χ4v) is 5.67. The van der Waals surface area contributed by atoms with Crippen molar-refractivity contribution in [1.29, 1.82) is 0 Å². The minimum absolute atomic E-state index is 0.275. The van der Waals surface area contributed by atoms with Gasteiger partial charge in [-0.15, -0.1) is 0 Å². The van der Waals surface area contributed by atoms with E-state index < -0.39 is 0 Å². The third kappa shape index (κ3) is 5.63. The van der Waals surface area contributed by atoms with Crippen molar-refractivity contribution < 1.29 is 9.53 Å². The van der Waals surface area contributed by atoms with Gasteiger partial charge in [0.15, 0.2) is 0 Å². The Balaban J connectivity index is 1.09. The maximum Gasteiger partial charge on any atom is 0.323 e. The van der Waals surface area contributed by atoms with Crippen LogP contribution in [0.5, 0.6) is 5.88 Å². The molecule has 0 radical (unpaired) electrons. The molecule has 1 saturated heterocycles. The number of pyridine rings is 1. The minimum Gasteiger partial charge on any atom is -0.474 e. The predicted molar refractivity (Wildman–Crippen MR) is 137 cm³/mol. The van der Waals surface area contributed by atoms with Crippen LogP contribution in [-0.2, 0) is 0 Å². The molecule has 0 bridgehead atoms. The molecule has 2 saturated carbocycles. The molecule has 3 aliphatic rings. The van der Waals surface area contributed by atoms with Gasteiger partial charge in [0.1, 0.15) is 6.10 Å². The number of ether oxygens (including phenoxy) is 1. The highest BCUT2D eigenvalue weighted by molar-refractivity contribution is 5.99. The molecule has 2 N–H and O–H groups in total. The van der Waals surface area contributed by atoms with E-state index in [1.54, 1.807) is 6.20 Å². The van der Waals surface area contributed by atoms with Crippen molar-refractivity contribution in [1.82, 2.24) is 9.88 Å². The van der Waals surface area contributed by atoms with Crippen molar-refractivity contribution in [3.05, 3.63) is 42.6 Å². The molecule has 2 amide bonds. The van der Waals surface area contributed by atoms with Crippen molar-refractivity contribution >= 4 is 23.1 Å². The lowest BCUT2D eigenvalue weighted by Gasteiger charge is -2.30. The van der Waals surface area contributed by atoms with Crippen LogP contribution in [0, 0.1) is 0 Å². The summed E-state index contributed by atoms with van der Waals surface area (Å²) in [6.45, 7) is 2.16. The average Bonchev–Trinajstić information content (AvgIpc) is 3.63. The van der Waals surface area contributed by atoms with Gasteiger partial charge in [-0.3, -0.25) is 4.90 Å². The third-order valence-corrected chi connectivity index (χ3v) is 7.71. The van der Waals surface area contributed by atoms with E-state index in [9.17, 15) is 4.79 Å². The summed E-state index contributed by atoms with van der Waals surface area (Å²) in [4.78, 5) is 21.8. The van der Waals surface area contributed by atoms with Crippen LogP contribution in [-0.4, -0.2) is 54.2 Å². The van der Waals surface area contributed by atoms with E-state index in [2.05, 4.69) is 44.6 Å². The number of carbonyl (C=O) groups excluding carboxylic acids is 1. The molecule has 1 unspecified atom stereocenters. The fourth-order valence-electron chi connectivity index (χ4n) is 5.67. The number of hydrogen-bond acceptors (Lipinski definition) is 5. The van der Waals surface area contributed by atoms with E-state index in [-0.39, 0.29) is 12.1 Å². The summed E-state index contributed by atoms with van der Waals surface area (Å²) in [5, 5.41) is 5.75. The van der Waals surface area contributed by atoms with Gasteiger partial charge in [0.2, 0.25) is 5.88 Å². The highest BCUT2D eigenvalue weighted by atomic mass is 16.5. The van der Waals surface area contributed by atoms with Crippen LogP contribution in [0.3, 0.4) is 0 Å². The largest absolute Gasteiger partial charge is 0.474 e. The first kappa shape index (κ1) is 23.0. The monoisotopic (exact) mass is 463 g/mol. The standard InChI is InChI=1S/C27H37N5O2/c1-31(22-6-2-3-7-22)24-16-17-32(19-24)23-13-10-20(11-14-23)29-27(33)30-21-12-15-26(28-18-21)34-25-8-4-5-9-25/h10-15,18,22,24-25H,2-9,16-17,19H2,1H3,(H2,29,30,33). The number of aromatic nitrogens is 1. The molecule has 3 fully saturated rings. The quantitative estimate of drug-likeness (QED) is 0.567. The number of rotatable bonds is 7. The lowest BCUT2D eigenvalue weighted by atomic mass is 10.1. The van der Waals surface area contributed by atoms with Crippen molar-refractivity contribution in [2.24, 2.45) is 0 Å². The van der Waals surface area contributed by atoms with Gasteiger partial charge in [0.25, 0.3) is 0 Å². The molecule has 1 aliphatic heterocycles. The molecular weight excluding hydrogens is 426 g/mol. The molecule has 1 atom stereocenters. The molecule has 1 aromatic carbocycles. The number of anilines is 3. The number of likely N-dealkylation sites (N-methyl/N-ethyl adjacent to an activating group) is 1. The Morgan fingerprint density at radius 2 is 1.59 bits per heavy atom. The Morgan fingerprint density at radius 3 is 2.29 bits per heavy atom. The number of nitrogens with one attached hydrogen (secondary N) is 2. The van der Waals surface area contributed by atoms with Crippen molar-refractivity contribution in [3.63, 3.8) is 0 Å². The maximum absolute atomic E-state index is 12.4.